The zero-order chi connectivity index (χ0) is 22.4. The summed E-state index contributed by atoms with van der Waals surface area (Å²) in [6.45, 7) is 4.44. The van der Waals surface area contributed by atoms with E-state index in [2.05, 4.69) is 10.5 Å². The minimum Gasteiger partial charge on any atom is -0.493 e. The summed E-state index contributed by atoms with van der Waals surface area (Å²) in [4.78, 5) is 14.1. The Bertz CT molecular complexity index is 914. The van der Waals surface area contributed by atoms with Gasteiger partial charge in [-0.3, -0.25) is 0 Å². The molecule has 2 amide bonds. The number of nitrogens with one attached hydrogen (secondary N) is 1. The SMILES string of the molecule is Cc1oncc1NC(=O)N1CCC(=Cc2cccc(OCC(C)CC(F)(F)F)c2)CC1. The van der Waals surface area contributed by atoms with Crippen LogP contribution < -0.4 is 10.1 Å². The summed E-state index contributed by atoms with van der Waals surface area (Å²) in [5, 5.41) is 6.44. The summed E-state index contributed by atoms with van der Waals surface area (Å²) in [6, 6.07) is 7.12. The molecule has 2 aromatic rings. The van der Waals surface area contributed by atoms with E-state index in [4.69, 9.17) is 9.26 Å². The van der Waals surface area contributed by atoms with Crippen LogP contribution in [0.3, 0.4) is 0 Å². The van der Waals surface area contributed by atoms with Crippen LogP contribution in [0.25, 0.3) is 6.08 Å². The minimum absolute atomic E-state index is 0.00919. The van der Waals surface area contributed by atoms with Crippen molar-refractivity contribution in [3.63, 3.8) is 0 Å². The number of nitrogens with zero attached hydrogens (tertiary/aromatic N) is 2. The van der Waals surface area contributed by atoms with Crippen molar-refractivity contribution in [2.24, 2.45) is 5.92 Å². The van der Waals surface area contributed by atoms with Crippen molar-refractivity contribution in [2.45, 2.75) is 39.3 Å². The van der Waals surface area contributed by atoms with Crippen LogP contribution in [0.15, 0.2) is 40.6 Å². The van der Waals surface area contributed by atoms with Crippen molar-refractivity contribution < 1.29 is 27.2 Å². The standard InChI is InChI=1S/C22H26F3N3O3/c1-15(12-22(23,24)25)14-30-19-5-3-4-18(11-19)10-17-6-8-28(9-7-17)21(29)27-20-13-26-31-16(20)2/h3-5,10-11,13,15H,6-9,12,14H2,1-2H3,(H,27,29). The molecule has 1 aromatic carbocycles. The Morgan fingerprint density at radius 1 is 1.35 bits per heavy atom. The topological polar surface area (TPSA) is 67.6 Å². The maximum Gasteiger partial charge on any atom is 0.389 e. The number of carbonyl (C=O) groups is 1. The normalized spacial score (nSPS) is 15.5. The van der Waals surface area contributed by atoms with E-state index < -0.39 is 18.5 Å². The predicted molar refractivity (Wildman–Crippen MR) is 111 cm³/mol. The average Bonchev–Trinajstić information content (AvgIpc) is 3.10. The van der Waals surface area contributed by atoms with Gasteiger partial charge in [0.05, 0.1) is 12.8 Å². The molecule has 0 spiro atoms. The second-order valence-electron chi connectivity index (χ2n) is 7.82. The van der Waals surface area contributed by atoms with Gasteiger partial charge in [0.15, 0.2) is 5.76 Å². The van der Waals surface area contributed by atoms with E-state index in [-0.39, 0.29) is 12.6 Å². The Labute approximate surface area is 179 Å². The van der Waals surface area contributed by atoms with E-state index >= 15 is 0 Å². The van der Waals surface area contributed by atoms with E-state index in [0.29, 0.717) is 30.3 Å². The Morgan fingerprint density at radius 3 is 2.74 bits per heavy atom. The van der Waals surface area contributed by atoms with E-state index in [9.17, 15) is 18.0 Å². The molecule has 0 aliphatic carbocycles. The molecule has 0 saturated carbocycles. The van der Waals surface area contributed by atoms with Gasteiger partial charge in [0.25, 0.3) is 0 Å². The Morgan fingerprint density at radius 2 is 2.10 bits per heavy atom. The van der Waals surface area contributed by atoms with Gasteiger partial charge in [-0.2, -0.15) is 13.2 Å². The van der Waals surface area contributed by atoms with Crippen molar-refractivity contribution in [3.05, 3.63) is 47.4 Å². The second kappa shape index (κ2) is 9.89. The number of halogens is 3. The molecule has 1 aromatic heterocycles. The molecule has 31 heavy (non-hydrogen) atoms. The molecule has 168 valence electrons. The maximum absolute atomic E-state index is 12.4. The minimum atomic E-state index is -4.19. The smallest absolute Gasteiger partial charge is 0.389 e. The summed E-state index contributed by atoms with van der Waals surface area (Å²) in [5.41, 5.74) is 2.69. The maximum atomic E-state index is 12.4. The Balaban J connectivity index is 1.51. The molecule has 1 N–H and O–H groups in total. The number of amides is 2. The number of urea groups is 1. The Kier molecular flexibility index (Phi) is 7.25. The molecule has 2 heterocycles. The van der Waals surface area contributed by atoms with Crippen molar-refractivity contribution >= 4 is 17.8 Å². The van der Waals surface area contributed by atoms with Gasteiger partial charge in [-0.15, -0.1) is 0 Å². The summed E-state index contributed by atoms with van der Waals surface area (Å²) in [5.74, 6) is 0.490. The number of piperidine rings is 1. The Hall–Kier alpha value is -2.97. The van der Waals surface area contributed by atoms with Crippen molar-refractivity contribution in [1.82, 2.24) is 10.1 Å². The van der Waals surface area contributed by atoms with E-state index in [0.717, 1.165) is 18.4 Å². The number of rotatable bonds is 6. The fraction of sp³-hybridized carbons (Fsp3) is 0.455. The third kappa shape index (κ3) is 7.04. The lowest BCUT2D eigenvalue weighted by molar-refractivity contribution is -0.145. The molecule has 9 heteroatoms. The molecule has 1 atom stereocenters. The van der Waals surface area contributed by atoms with Crippen LogP contribution >= 0.6 is 0 Å². The quantitative estimate of drug-likeness (QED) is 0.633. The number of aryl methyl sites for hydroxylation is 1. The zero-order valence-corrected chi connectivity index (χ0v) is 17.5. The first-order valence-electron chi connectivity index (χ1n) is 10.2. The molecule has 1 saturated heterocycles. The highest BCUT2D eigenvalue weighted by Gasteiger charge is 2.30. The average molecular weight is 437 g/mol. The highest BCUT2D eigenvalue weighted by molar-refractivity contribution is 5.89. The lowest BCUT2D eigenvalue weighted by Gasteiger charge is -2.28. The molecule has 0 bridgehead atoms. The van der Waals surface area contributed by atoms with Gasteiger partial charge in [0.2, 0.25) is 0 Å². The first-order valence-corrected chi connectivity index (χ1v) is 10.2. The summed E-state index contributed by atoms with van der Waals surface area (Å²) >= 11 is 0. The van der Waals surface area contributed by atoms with Crippen LogP contribution in [0, 0.1) is 12.8 Å². The molecule has 3 rings (SSSR count). The predicted octanol–water partition coefficient (Wildman–Crippen LogP) is 5.66. The van der Waals surface area contributed by atoms with Crippen molar-refractivity contribution in [2.75, 3.05) is 25.0 Å². The molecule has 1 aliphatic rings. The second-order valence-corrected chi connectivity index (χ2v) is 7.82. The molecule has 1 unspecified atom stereocenters. The number of likely N-dealkylation sites (tertiary alicyclic amines) is 1. The van der Waals surface area contributed by atoms with Crippen LogP contribution in [0.1, 0.15) is 37.5 Å². The van der Waals surface area contributed by atoms with Crippen LogP contribution in [-0.4, -0.2) is 42.0 Å². The van der Waals surface area contributed by atoms with Crippen molar-refractivity contribution in [1.29, 1.82) is 0 Å². The number of hydrogen-bond donors (Lipinski definition) is 1. The summed E-state index contributed by atoms with van der Waals surface area (Å²) < 4.78 is 47.8. The third-order valence-electron chi connectivity index (χ3n) is 5.03. The van der Waals surface area contributed by atoms with Crippen molar-refractivity contribution in [3.8, 4) is 5.75 Å². The van der Waals surface area contributed by atoms with Crippen LogP contribution in [0.2, 0.25) is 0 Å². The molecule has 6 nitrogen and oxygen atoms in total. The number of alkyl halides is 3. The van der Waals surface area contributed by atoms with Crippen LogP contribution in [0.4, 0.5) is 23.7 Å². The van der Waals surface area contributed by atoms with Crippen LogP contribution in [-0.2, 0) is 0 Å². The van der Waals surface area contributed by atoms with Gasteiger partial charge >= 0.3 is 12.2 Å². The fourth-order valence-corrected chi connectivity index (χ4v) is 3.38. The molecular formula is C22H26F3N3O3. The van der Waals surface area contributed by atoms with Gasteiger partial charge in [-0.05, 0) is 43.4 Å². The fourth-order valence-electron chi connectivity index (χ4n) is 3.38. The van der Waals surface area contributed by atoms with Gasteiger partial charge in [-0.25, -0.2) is 4.79 Å². The largest absolute Gasteiger partial charge is 0.493 e. The molecular weight excluding hydrogens is 411 g/mol. The summed E-state index contributed by atoms with van der Waals surface area (Å²) in [6.07, 6.45) is -0.0487. The zero-order valence-electron chi connectivity index (χ0n) is 17.5. The number of anilines is 1. The van der Waals surface area contributed by atoms with Gasteiger partial charge in [0.1, 0.15) is 11.4 Å². The number of benzene rings is 1. The lowest BCUT2D eigenvalue weighted by Crippen LogP contribution is -2.39. The van der Waals surface area contributed by atoms with Gasteiger partial charge in [-0.1, -0.05) is 35.9 Å². The first kappa shape index (κ1) is 22.7. The highest BCUT2D eigenvalue weighted by atomic mass is 19.4. The number of aromatic nitrogens is 1. The monoisotopic (exact) mass is 437 g/mol. The van der Waals surface area contributed by atoms with Gasteiger partial charge < -0.3 is 19.5 Å². The molecule has 1 fully saturated rings. The first-order chi connectivity index (χ1) is 14.7. The van der Waals surface area contributed by atoms with E-state index in [1.807, 2.05) is 24.3 Å². The van der Waals surface area contributed by atoms with E-state index in [1.54, 1.807) is 17.9 Å². The highest BCUT2D eigenvalue weighted by Crippen LogP contribution is 2.26. The third-order valence-corrected chi connectivity index (χ3v) is 5.03. The molecule has 1 aliphatic heterocycles. The van der Waals surface area contributed by atoms with E-state index in [1.165, 1.54) is 18.7 Å². The lowest BCUT2D eigenvalue weighted by atomic mass is 10.0. The number of carbonyl (C=O) groups excluding carboxylic acids is 1. The molecule has 0 radical (unpaired) electrons. The van der Waals surface area contributed by atoms with Crippen LogP contribution in [0.5, 0.6) is 5.75 Å². The van der Waals surface area contributed by atoms with Gasteiger partial charge in [0, 0.05) is 19.5 Å². The number of hydrogen-bond acceptors (Lipinski definition) is 4. The summed E-state index contributed by atoms with van der Waals surface area (Å²) in [7, 11) is 0. The number of ether oxygens (including phenoxy) is 1.